The smallest absolute Gasteiger partial charge is 0.236 e. The van der Waals surface area contributed by atoms with Crippen molar-refractivity contribution in [3.05, 3.63) is 104 Å². The predicted octanol–water partition coefficient (Wildman–Crippen LogP) is 6.68. The Hall–Kier alpha value is -4.84. The average Bonchev–Trinajstić information content (AvgIpc) is 3.46. The van der Waals surface area contributed by atoms with Gasteiger partial charge in [-0.05, 0) is 24.6 Å². The van der Waals surface area contributed by atoms with Gasteiger partial charge in [-0.1, -0.05) is 66.8 Å². The number of para-hydroxylation sites is 2. The lowest BCUT2D eigenvalue weighted by Crippen LogP contribution is -2.06. The lowest BCUT2D eigenvalue weighted by molar-refractivity contribution is 0.648. The third-order valence-corrected chi connectivity index (χ3v) is 7.21. The Morgan fingerprint density at radius 3 is 2.44 bits per heavy atom. The molecule has 36 heavy (non-hydrogen) atoms. The van der Waals surface area contributed by atoms with Gasteiger partial charge in [-0.2, -0.15) is 4.98 Å². The number of fused-ring (bicyclic) bond motifs is 8. The number of nitrogens with zero attached hydrogens (tertiary/aromatic N) is 6. The van der Waals surface area contributed by atoms with Gasteiger partial charge in [0.1, 0.15) is 5.52 Å². The van der Waals surface area contributed by atoms with Gasteiger partial charge >= 0.3 is 0 Å². The summed E-state index contributed by atoms with van der Waals surface area (Å²) < 4.78 is 4.66. The highest BCUT2D eigenvalue weighted by Gasteiger charge is 2.23. The summed E-state index contributed by atoms with van der Waals surface area (Å²) in [5.41, 5.74) is 5.89. The molecule has 3 aromatic carbocycles. The Morgan fingerprint density at radius 2 is 1.56 bits per heavy atom. The lowest BCUT2D eigenvalue weighted by atomic mass is 10.1. The molecule has 6 heteroatoms. The van der Waals surface area contributed by atoms with Crippen molar-refractivity contribution < 1.29 is 0 Å². The molecule has 4 heterocycles. The predicted molar refractivity (Wildman–Crippen MR) is 144 cm³/mol. The molecule has 1 aliphatic carbocycles. The van der Waals surface area contributed by atoms with Gasteiger partial charge in [0, 0.05) is 39.5 Å². The van der Waals surface area contributed by atoms with Crippen LogP contribution in [0, 0.1) is 0 Å². The molecule has 6 nitrogen and oxygen atoms in total. The van der Waals surface area contributed by atoms with E-state index in [1.54, 1.807) is 18.6 Å². The van der Waals surface area contributed by atoms with E-state index < -0.39 is 0 Å². The van der Waals surface area contributed by atoms with Crippen LogP contribution in [0.3, 0.4) is 0 Å². The molecule has 0 amide bonds. The van der Waals surface area contributed by atoms with Gasteiger partial charge in [0.2, 0.25) is 5.95 Å². The van der Waals surface area contributed by atoms with Crippen LogP contribution >= 0.6 is 0 Å². The average molecular weight is 465 g/mol. The molecule has 0 spiro atoms. The van der Waals surface area contributed by atoms with Crippen molar-refractivity contribution in [3.8, 4) is 5.95 Å². The summed E-state index contributed by atoms with van der Waals surface area (Å²) in [6, 6.07) is 21.9. The number of allylic oxidation sites excluding steroid dienone is 4. The molecule has 0 bridgehead atoms. The quantitative estimate of drug-likeness (QED) is 0.286. The standard InChI is InChI=1S/C30H20N6/c1-2-8-19(9-3-1)35-25-13-7-5-11-22(25)27-26(35)15-14-21-20-10-4-6-12-24(20)36(28(21)27)30-33-18-23-29(34-30)32-17-16-31-23/h1-8,10-19H,9H2. The molecule has 170 valence electrons. The molecule has 0 saturated heterocycles. The van der Waals surface area contributed by atoms with Crippen LogP contribution in [0.1, 0.15) is 12.5 Å². The third kappa shape index (κ3) is 2.61. The summed E-state index contributed by atoms with van der Waals surface area (Å²) in [6.07, 6.45) is 14.9. The summed E-state index contributed by atoms with van der Waals surface area (Å²) in [7, 11) is 0. The molecule has 8 rings (SSSR count). The Bertz CT molecular complexity index is 2040. The highest BCUT2D eigenvalue weighted by atomic mass is 15.2. The molecule has 0 fully saturated rings. The molecule has 1 unspecified atom stereocenters. The van der Waals surface area contributed by atoms with Crippen molar-refractivity contribution in [1.29, 1.82) is 0 Å². The Labute approximate surface area is 205 Å². The summed E-state index contributed by atoms with van der Waals surface area (Å²) in [5, 5.41) is 4.80. The molecule has 0 aliphatic heterocycles. The van der Waals surface area contributed by atoms with Crippen molar-refractivity contribution in [2.45, 2.75) is 12.5 Å². The SMILES string of the molecule is C1=CCC(n2c3ccccc3c3c4c(ccc32)c2ccccc2n4-c2ncc3nccnc3n2)C=C1. The van der Waals surface area contributed by atoms with Gasteiger partial charge in [0.15, 0.2) is 5.65 Å². The zero-order chi connectivity index (χ0) is 23.6. The van der Waals surface area contributed by atoms with E-state index in [-0.39, 0.29) is 6.04 Å². The number of hydrogen-bond acceptors (Lipinski definition) is 4. The maximum Gasteiger partial charge on any atom is 0.236 e. The molecule has 1 aliphatic rings. The summed E-state index contributed by atoms with van der Waals surface area (Å²) >= 11 is 0. The van der Waals surface area contributed by atoms with Crippen LogP contribution in [0.2, 0.25) is 0 Å². The van der Waals surface area contributed by atoms with E-state index in [1.807, 2.05) is 0 Å². The minimum Gasteiger partial charge on any atom is -0.333 e. The molecule has 0 radical (unpaired) electrons. The summed E-state index contributed by atoms with van der Waals surface area (Å²) in [5.74, 6) is 0.596. The molecule has 4 aromatic heterocycles. The molecule has 0 saturated carbocycles. The number of hydrogen-bond donors (Lipinski definition) is 0. The van der Waals surface area contributed by atoms with Gasteiger partial charge in [-0.25, -0.2) is 15.0 Å². The largest absolute Gasteiger partial charge is 0.333 e. The second kappa shape index (κ2) is 7.33. The van der Waals surface area contributed by atoms with Crippen molar-refractivity contribution in [2.24, 2.45) is 0 Å². The number of aromatic nitrogens is 6. The Balaban J connectivity index is 1.57. The van der Waals surface area contributed by atoms with Crippen LogP contribution in [0.4, 0.5) is 0 Å². The first kappa shape index (κ1) is 19.5. The molecule has 7 aromatic rings. The first-order valence-electron chi connectivity index (χ1n) is 12.1. The minimum absolute atomic E-state index is 0.264. The second-order valence-electron chi connectivity index (χ2n) is 9.15. The monoisotopic (exact) mass is 464 g/mol. The second-order valence-corrected chi connectivity index (χ2v) is 9.15. The third-order valence-electron chi connectivity index (χ3n) is 7.21. The summed E-state index contributed by atoms with van der Waals surface area (Å²) in [6.45, 7) is 0. The van der Waals surface area contributed by atoms with Crippen LogP contribution < -0.4 is 0 Å². The van der Waals surface area contributed by atoms with E-state index in [9.17, 15) is 0 Å². The van der Waals surface area contributed by atoms with E-state index in [2.05, 4.69) is 104 Å². The maximum atomic E-state index is 4.85. The first-order valence-corrected chi connectivity index (χ1v) is 12.1. The van der Waals surface area contributed by atoms with Gasteiger partial charge < -0.3 is 4.57 Å². The van der Waals surface area contributed by atoms with E-state index in [1.165, 1.54) is 32.6 Å². The van der Waals surface area contributed by atoms with Crippen LogP contribution in [-0.2, 0) is 0 Å². The van der Waals surface area contributed by atoms with Gasteiger partial charge in [-0.3, -0.25) is 4.57 Å². The van der Waals surface area contributed by atoms with Crippen molar-refractivity contribution in [1.82, 2.24) is 29.1 Å². The molecule has 0 N–H and O–H groups in total. The van der Waals surface area contributed by atoms with Crippen molar-refractivity contribution in [2.75, 3.05) is 0 Å². The van der Waals surface area contributed by atoms with E-state index in [4.69, 9.17) is 9.97 Å². The van der Waals surface area contributed by atoms with Crippen LogP contribution in [-0.4, -0.2) is 29.1 Å². The number of benzene rings is 3. The molecule has 1 atom stereocenters. The highest BCUT2D eigenvalue weighted by molar-refractivity contribution is 6.25. The number of rotatable bonds is 2. The fraction of sp³-hybridized carbons (Fsp3) is 0.0667. The highest BCUT2D eigenvalue weighted by Crippen LogP contribution is 2.42. The van der Waals surface area contributed by atoms with Crippen molar-refractivity contribution in [3.63, 3.8) is 0 Å². The zero-order valence-electron chi connectivity index (χ0n) is 19.3. The first-order chi connectivity index (χ1) is 17.9. The van der Waals surface area contributed by atoms with Crippen LogP contribution in [0.25, 0.3) is 60.7 Å². The van der Waals surface area contributed by atoms with Gasteiger partial charge in [0.05, 0.1) is 28.8 Å². The lowest BCUT2D eigenvalue weighted by Gasteiger charge is -2.18. The Morgan fingerprint density at radius 1 is 0.722 bits per heavy atom. The zero-order valence-corrected chi connectivity index (χ0v) is 19.3. The van der Waals surface area contributed by atoms with Crippen LogP contribution in [0.15, 0.2) is 104 Å². The maximum absolute atomic E-state index is 4.85. The molecular formula is C30H20N6. The Kier molecular flexibility index (Phi) is 3.96. The fourth-order valence-corrected chi connectivity index (χ4v) is 5.73. The molecular weight excluding hydrogens is 444 g/mol. The van der Waals surface area contributed by atoms with Crippen molar-refractivity contribution >= 4 is 54.8 Å². The van der Waals surface area contributed by atoms with E-state index in [0.717, 1.165) is 17.5 Å². The van der Waals surface area contributed by atoms with E-state index in [0.29, 0.717) is 17.1 Å². The summed E-state index contributed by atoms with van der Waals surface area (Å²) in [4.78, 5) is 18.4. The normalized spacial score (nSPS) is 15.7. The fourth-order valence-electron chi connectivity index (χ4n) is 5.73. The minimum atomic E-state index is 0.264. The van der Waals surface area contributed by atoms with Gasteiger partial charge in [0.25, 0.3) is 0 Å². The topological polar surface area (TPSA) is 61.4 Å². The van der Waals surface area contributed by atoms with E-state index >= 15 is 0 Å². The van der Waals surface area contributed by atoms with Gasteiger partial charge in [-0.15, -0.1) is 0 Å². The van der Waals surface area contributed by atoms with Crippen LogP contribution in [0.5, 0.6) is 0 Å².